The minimum Gasteiger partial charge on any atom is -0.456 e. The van der Waals surface area contributed by atoms with Gasteiger partial charge in [-0.3, -0.25) is 0 Å². The molecule has 3 nitrogen and oxygen atoms in total. The molecule has 5 aromatic rings. The maximum atomic E-state index is 7.78. The molecule has 0 unspecified atom stereocenters. The number of hydrogen-bond acceptors (Lipinski definition) is 1. The van der Waals surface area contributed by atoms with Gasteiger partial charge in [-0.2, -0.15) is 4.57 Å². The van der Waals surface area contributed by atoms with E-state index in [9.17, 15) is 0 Å². The molecule has 35 heavy (non-hydrogen) atoms. The molecule has 1 aliphatic carbocycles. The molecule has 0 aliphatic heterocycles. The number of aromatic nitrogens is 1. The van der Waals surface area contributed by atoms with Crippen molar-refractivity contribution in [3.05, 3.63) is 95.0 Å². The van der Waals surface area contributed by atoms with E-state index in [-0.39, 0.29) is 0 Å². The zero-order valence-electron chi connectivity index (χ0n) is 20.6. The average molecular weight is 458 g/mol. The van der Waals surface area contributed by atoms with Crippen molar-refractivity contribution in [2.45, 2.75) is 45.4 Å². The maximum absolute atomic E-state index is 7.78. The van der Waals surface area contributed by atoms with Crippen LogP contribution in [0.4, 0.5) is 5.69 Å². The normalized spacial score (nSPS) is 14.1. The fourth-order valence-corrected chi connectivity index (χ4v) is 5.98. The van der Waals surface area contributed by atoms with Gasteiger partial charge in [0.25, 0.3) is 0 Å². The van der Waals surface area contributed by atoms with Crippen molar-refractivity contribution in [2.75, 3.05) is 0 Å². The van der Waals surface area contributed by atoms with Gasteiger partial charge in [0.15, 0.2) is 11.4 Å². The first kappa shape index (κ1) is 21.6. The van der Waals surface area contributed by atoms with Crippen LogP contribution in [0.25, 0.3) is 49.2 Å². The Kier molecular flexibility index (Phi) is 5.19. The van der Waals surface area contributed by atoms with Crippen molar-refractivity contribution in [1.29, 1.82) is 0 Å². The molecule has 0 N–H and O–H groups in total. The van der Waals surface area contributed by atoms with E-state index in [4.69, 9.17) is 11.0 Å². The van der Waals surface area contributed by atoms with E-state index in [1.54, 1.807) is 0 Å². The minimum absolute atomic E-state index is 0.614. The van der Waals surface area contributed by atoms with Gasteiger partial charge in [-0.15, -0.1) is 0 Å². The van der Waals surface area contributed by atoms with Crippen LogP contribution in [-0.2, 0) is 7.05 Å². The number of hydrogen-bond donors (Lipinski definition) is 0. The number of rotatable bonds is 3. The van der Waals surface area contributed by atoms with E-state index in [0.717, 1.165) is 44.3 Å². The zero-order chi connectivity index (χ0) is 24.1. The Morgan fingerprint density at radius 2 is 1.51 bits per heavy atom. The highest BCUT2D eigenvalue weighted by Gasteiger charge is 2.27. The van der Waals surface area contributed by atoms with Crippen molar-refractivity contribution < 1.29 is 8.98 Å². The summed E-state index contributed by atoms with van der Waals surface area (Å²) in [6.45, 7) is 12.2. The number of pyridine rings is 1. The van der Waals surface area contributed by atoms with E-state index >= 15 is 0 Å². The molecule has 2 heterocycles. The molecule has 1 saturated carbocycles. The average Bonchev–Trinajstić information content (AvgIpc) is 3.54. The summed E-state index contributed by atoms with van der Waals surface area (Å²) in [7, 11) is 2.18. The Hall–Kier alpha value is -3.90. The van der Waals surface area contributed by atoms with Crippen molar-refractivity contribution in [1.82, 2.24) is 0 Å². The van der Waals surface area contributed by atoms with Crippen LogP contribution < -0.4 is 4.57 Å². The lowest BCUT2D eigenvalue weighted by Gasteiger charge is -2.14. The molecule has 0 spiro atoms. The lowest BCUT2D eigenvalue weighted by Crippen LogP contribution is -2.36. The number of nitrogens with zero attached hydrogens (tertiary/aromatic N) is 2. The Labute approximate surface area is 206 Å². The molecular weight excluding hydrogens is 428 g/mol. The quantitative estimate of drug-likeness (QED) is 0.196. The van der Waals surface area contributed by atoms with Crippen LogP contribution in [0.1, 0.15) is 48.4 Å². The topological polar surface area (TPSA) is 21.4 Å². The van der Waals surface area contributed by atoms with Gasteiger partial charge in [0, 0.05) is 34.9 Å². The molecule has 0 bridgehead atoms. The first-order valence-electron chi connectivity index (χ1n) is 12.5. The predicted molar refractivity (Wildman–Crippen MR) is 143 cm³/mol. The van der Waals surface area contributed by atoms with Gasteiger partial charge in [0.1, 0.15) is 18.2 Å². The van der Waals surface area contributed by atoms with Crippen LogP contribution in [-0.4, -0.2) is 0 Å². The second kappa shape index (κ2) is 8.40. The minimum atomic E-state index is 0.614. The first-order chi connectivity index (χ1) is 17.1. The Morgan fingerprint density at radius 3 is 2.23 bits per heavy atom. The first-order valence-corrected chi connectivity index (χ1v) is 12.5. The zero-order valence-corrected chi connectivity index (χ0v) is 20.6. The summed E-state index contributed by atoms with van der Waals surface area (Å²) in [4.78, 5) is 3.82. The predicted octanol–water partition coefficient (Wildman–Crippen LogP) is 8.57. The van der Waals surface area contributed by atoms with Gasteiger partial charge in [-0.1, -0.05) is 67.4 Å². The monoisotopic (exact) mass is 457 g/mol. The third-order valence-corrected chi connectivity index (χ3v) is 7.93. The Balaban J connectivity index is 1.63. The van der Waals surface area contributed by atoms with Crippen LogP contribution in [0.5, 0.6) is 0 Å². The maximum Gasteiger partial charge on any atom is 0.216 e. The van der Waals surface area contributed by atoms with Gasteiger partial charge in [0.05, 0.1) is 12.1 Å². The van der Waals surface area contributed by atoms with E-state index in [0.29, 0.717) is 11.6 Å². The van der Waals surface area contributed by atoms with Crippen molar-refractivity contribution >= 4 is 27.6 Å². The fraction of sp³-hybridized carbons (Fsp3) is 0.250. The summed E-state index contributed by atoms with van der Waals surface area (Å²) in [5.41, 5.74) is 10.5. The lowest BCUT2D eigenvalue weighted by atomic mass is 9.94. The molecule has 0 saturated heterocycles. The molecule has 1 aliphatic rings. The molecule has 3 aromatic carbocycles. The van der Waals surface area contributed by atoms with Crippen molar-refractivity contribution in [2.24, 2.45) is 7.05 Å². The largest absolute Gasteiger partial charge is 0.456 e. The molecule has 1 fully saturated rings. The fourth-order valence-electron chi connectivity index (χ4n) is 5.98. The highest BCUT2D eigenvalue weighted by Crippen LogP contribution is 2.44. The Morgan fingerprint density at radius 1 is 0.829 bits per heavy atom. The molecule has 2 aromatic heterocycles. The smallest absolute Gasteiger partial charge is 0.216 e. The van der Waals surface area contributed by atoms with Gasteiger partial charge >= 0.3 is 0 Å². The molecule has 0 amide bonds. The van der Waals surface area contributed by atoms with Crippen LogP contribution in [0.15, 0.2) is 71.1 Å². The van der Waals surface area contributed by atoms with Crippen LogP contribution in [0, 0.1) is 20.4 Å². The molecular formula is C32H29N2O+. The number of fused-ring (bicyclic) bond motifs is 3. The van der Waals surface area contributed by atoms with Gasteiger partial charge in [-0.05, 0) is 42.9 Å². The highest BCUT2D eigenvalue weighted by molar-refractivity contribution is 6.15. The summed E-state index contributed by atoms with van der Waals surface area (Å²) >= 11 is 0. The van der Waals surface area contributed by atoms with Gasteiger partial charge in [-0.25, -0.2) is 4.85 Å². The number of benzene rings is 3. The number of furan rings is 1. The molecule has 172 valence electrons. The van der Waals surface area contributed by atoms with Gasteiger partial charge < -0.3 is 4.42 Å². The lowest BCUT2D eigenvalue weighted by molar-refractivity contribution is -0.667. The van der Waals surface area contributed by atoms with Crippen molar-refractivity contribution in [3.8, 4) is 22.4 Å². The third-order valence-electron chi connectivity index (χ3n) is 7.93. The second-order valence-corrected chi connectivity index (χ2v) is 9.85. The summed E-state index contributed by atoms with van der Waals surface area (Å²) in [5, 5.41) is 2.14. The Bertz CT molecular complexity index is 1630. The van der Waals surface area contributed by atoms with E-state index < -0.39 is 0 Å². The number of aryl methyl sites for hydroxylation is 1. The van der Waals surface area contributed by atoms with Crippen LogP contribution >= 0.6 is 0 Å². The highest BCUT2D eigenvalue weighted by atomic mass is 16.3. The second-order valence-electron chi connectivity index (χ2n) is 9.85. The molecule has 0 atom stereocenters. The van der Waals surface area contributed by atoms with Gasteiger partial charge in [0.2, 0.25) is 5.69 Å². The van der Waals surface area contributed by atoms with Crippen LogP contribution in [0.2, 0.25) is 0 Å². The van der Waals surface area contributed by atoms with E-state index in [1.807, 2.05) is 42.5 Å². The summed E-state index contributed by atoms with van der Waals surface area (Å²) in [5.74, 6) is 0.679. The molecule has 3 heteroatoms. The SMILES string of the molecule is [C-]#[N+]c1ccc2c(oc3c(-c4ccc(C5CCCC5)c(C)[n+]4C)c(C)ccc32)c1-c1ccccc1. The van der Waals surface area contributed by atoms with Crippen LogP contribution in [0.3, 0.4) is 0 Å². The standard InChI is InChI=1S/C32H29N2O/c1-20-14-15-25-26-16-18-27(33-3)30(23-12-6-5-7-13-23)32(26)35-31(25)29(20)28-19-17-24(21(2)34(28)4)22-10-8-9-11-22/h5-7,12-19,22H,8-11H2,1-2,4H3/q+1. The summed E-state index contributed by atoms with van der Waals surface area (Å²) in [6.07, 6.45) is 5.26. The van der Waals surface area contributed by atoms with Crippen molar-refractivity contribution in [3.63, 3.8) is 0 Å². The third kappa shape index (κ3) is 3.36. The molecule has 6 rings (SSSR count). The van der Waals surface area contributed by atoms with E-state index in [1.165, 1.54) is 42.5 Å². The summed E-state index contributed by atoms with van der Waals surface area (Å²) in [6, 6.07) is 23.0. The molecule has 0 radical (unpaired) electrons. The summed E-state index contributed by atoms with van der Waals surface area (Å²) < 4.78 is 9.05. The van der Waals surface area contributed by atoms with E-state index in [2.05, 4.69) is 54.6 Å².